The molecule has 0 bridgehead atoms. The number of rotatable bonds is 3. The van der Waals surface area contributed by atoms with Crippen LogP contribution in [0.25, 0.3) is 0 Å². The zero-order valence-corrected chi connectivity index (χ0v) is 11.0. The minimum atomic E-state index is 0.600. The van der Waals surface area contributed by atoms with E-state index in [0.29, 0.717) is 11.8 Å². The number of hydrogen-bond acceptors (Lipinski definition) is 3. The first-order valence-electron chi connectivity index (χ1n) is 5.59. The minimum absolute atomic E-state index is 0.600. The molecule has 0 spiro atoms. The van der Waals surface area contributed by atoms with E-state index < -0.39 is 0 Å². The summed E-state index contributed by atoms with van der Waals surface area (Å²) in [5, 5.41) is 0. The summed E-state index contributed by atoms with van der Waals surface area (Å²) in [4.78, 5) is 4.22. The van der Waals surface area contributed by atoms with E-state index in [9.17, 15) is 0 Å². The largest absolute Gasteiger partial charge is 0.477 e. The van der Waals surface area contributed by atoms with Crippen LogP contribution < -0.4 is 4.74 Å². The molecule has 88 valence electrons. The molecule has 2 heterocycles. The SMILES string of the molecule is Cc1ccnc(OCC2CCOCC2)c1Br. The lowest BCUT2D eigenvalue weighted by atomic mass is 10.0. The van der Waals surface area contributed by atoms with E-state index in [1.807, 2.05) is 13.0 Å². The summed E-state index contributed by atoms with van der Waals surface area (Å²) in [6, 6.07) is 1.96. The molecule has 1 aliphatic heterocycles. The number of halogens is 1. The lowest BCUT2D eigenvalue weighted by Crippen LogP contribution is -2.21. The fourth-order valence-electron chi connectivity index (χ4n) is 1.73. The van der Waals surface area contributed by atoms with Crippen molar-refractivity contribution in [3.05, 3.63) is 22.3 Å². The molecule has 0 amide bonds. The molecule has 4 heteroatoms. The van der Waals surface area contributed by atoms with Crippen molar-refractivity contribution in [2.45, 2.75) is 19.8 Å². The summed E-state index contributed by atoms with van der Waals surface area (Å²) >= 11 is 3.49. The molecule has 0 saturated carbocycles. The number of aryl methyl sites for hydroxylation is 1. The Morgan fingerprint density at radius 3 is 3.00 bits per heavy atom. The van der Waals surface area contributed by atoms with Gasteiger partial charge in [-0.05, 0) is 53.2 Å². The molecule has 1 aromatic heterocycles. The van der Waals surface area contributed by atoms with Crippen LogP contribution in [0.2, 0.25) is 0 Å². The summed E-state index contributed by atoms with van der Waals surface area (Å²) < 4.78 is 12.0. The molecule has 0 atom stereocenters. The fraction of sp³-hybridized carbons (Fsp3) is 0.583. The van der Waals surface area contributed by atoms with Crippen LogP contribution in [-0.4, -0.2) is 24.8 Å². The molecule has 1 aliphatic rings. The van der Waals surface area contributed by atoms with Gasteiger partial charge in [0.1, 0.15) is 0 Å². The zero-order chi connectivity index (χ0) is 11.4. The Morgan fingerprint density at radius 1 is 1.50 bits per heavy atom. The van der Waals surface area contributed by atoms with Crippen LogP contribution in [0.3, 0.4) is 0 Å². The van der Waals surface area contributed by atoms with Crippen LogP contribution in [0.5, 0.6) is 5.88 Å². The van der Waals surface area contributed by atoms with E-state index in [2.05, 4.69) is 20.9 Å². The summed E-state index contributed by atoms with van der Waals surface area (Å²) in [6.45, 7) is 4.48. The van der Waals surface area contributed by atoms with Gasteiger partial charge in [-0.15, -0.1) is 0 Å². The number of ether oxygens (including phenoxy) is 2. The lowest BCUT2D eigenvalue weighted by Gasteiger charge is -2.22. The maximum atomic E-state index is 5.74. The molecule has 0 unspecified atom stereocenters. The van der Waals surface area contributed by atoms with Crippen molar-refractivity contribution in [2.24, 2.45) is 5.92 Å². The molecule has 1 aromatic rings. The Bertz CT molecular complexity index is 351. The summed E-state index contributed by atoms with van der Waals surface area (Å²) in [7, 11) is 0. The van der Waals surface area contributed by atoms with Crippen molar-refractivity contribution in [1.82, 2.24) is 4.98 Å². The number of hydrogen-bond donors (Lipinski definition) is 0. The van der Waals surface area contributed by atoms with Gasteiger partial charge in [0.05, 0.1) is 11.1 Å². The molecule has 1 saturated heterocycles. The fourth-order valence-corrected chi connectivity index (χ4v) is 2.07. The molecule has 0 aliphatic carbocycles. The Kier molecular flexibility index (Phi) is 4.18. The Balaban J connectivity index is 1.91. The third-order valence-electron chi connectivity index (χ3n) is 2.85. The maximum absolute atomic E-state index is 5.74. The van der Waals surface area contributed by atoms with Gasteiger partial charge < -0.3 is 9.47 Å². The number of nitrogens with zero attached hydrogens (tertiary/aromatic N) is 1. The predicted molar refractivity (Wildman–Crippen MR) is 65.7 cm³/mol. The topological polar surface area (TPSA) is 31.4 Å². The highest BCUT2D eigenvalue weighted by Crippen LogP contribution is 2.26. The monoisotopic (exact) mass is 285 g/mol. The van der Waals surface area contributed by atoms with E-state index in [1.165, 1.54) is 0 Å². The Morgan fingerprint density at radius 2 is 2.25 bits per heavy atom. The summed E-state index contributed by atoms with van der Waals surface area (Å²) in [6.07, 6.45) is 3.95. The predicted octanol–water partition coefficient (Wildman–Crippen LogP) is 2.96. The Hall–Kier alpha value is -0.610. The van der Waals surface area contributed by atoms with Gasteiger partial charge in [0, 0.05) is 19.4 Å². The zero-order valence-electron chi connectivity index (χ0n) is 9.41. The average Bonchev–Trinajstić information content (AvgIpc) is 2.32. The highest BCUT2D eigenvalue weighted by atomic mass is 79.9. The van der Waals surface area contributed by atoms with E-state index in [-0.39, 0.29) is 0 Å². The van der Waals surface area contributed by atoms with Crippen molar-refractivity contribution in [2.75, 3.05) is 19.8 Å². The molecule has 0 N–H and O–H groups in total. The average molecular weight is 286 g/mol. The van der Waals surface area contributed by atoms with Gasteiger partial charge in [-0.1, -0.05) is 0 Å². The van der Waals surface area contributed by atoms with Crippen LogP contribution in [0.4, 0.5) is 0 Å². The molecule has 3 nitrogen and oxygen atoms in total. The van der Waals surface area contributed by atoms with Crippen molar-refractivity contribution in [3.8, 4) is 5.88 Å². The molecule has 0 aromatic carbocycles. The molecular formula is C12H16BrNO2. The third kappa shape index (κ3) is 2.95. The number of pyridine rings is 1. The maximum Gasteiger partial charge on any atom is 0.228 e. The van der Waals surface area contributed by atoms with Crippen molar-refractivity contribution in [1.29, 1.82) is 0 Å². The van der Waals surface area contributed by atoms with E-state index >= 15 is 0 Å². The molecular weight excluding hydrogens is 270 g/mol. The van der Waals surface area contributed by atoms with Crippen LogP contribution in [-0.2, 0) is 4.74 Å². The number of aromatic nitrogens is 1. The van der Waals surface area contributed by atoms with Gasteiger partial charge in [-0.25, -0.2) is 4.98 Å². The molecule has 2 rings (SSSR count). The summed E-state index contributed by atoms with van der Waals surface area (Å²) in [5.74, 6) is 1.30. The van der Waals surface area contributed by atoms with Gasteiger partial charge in [0.2, 0.25) is 5.88 Å². The van der Waals surface area contributed by atoms with Crippen molar-refractivity contribution < 1.29 is 9.47 Å². The van der Waals surface area contributed by atoms with E-state index in [0.717, 1.165) is 42.7 Å². The smallest absolute Gasteiger partial charge is 0.228 e. The molecule has 16 heavy (non-hydrogen) atoms. The van der Waals surface area contributed by atoms with Crippen molar-refractivity contribution >= 4 is 15.9 Å². The molecule has 1 fully saturated rings. The van der Waals surface area contributed by atoms with Gasteiger partial charge in [0.15, 0.2) is 0 Å². The van der Waals surface area contributed by atoms with Gasteiger partial charge >= 0.3 is 0 Å². The first-order chi connectivity index (χ1) is 7.77. The first kappa shape index (κ1) is 11.9. The normalized spacial score (nSPS) is 17.4. The van der Waals surface area contributed by atoms with Crippen molar-refractivity contribution in [3.63, 3.8) is 0 Å². The van der Waals surface area contributed by atoms with Gasteiger partial charge in [0.25, 0.3) is 0 Å². The highest BCUT2D eigenvalue weighted by Gasteiger charge is 2.15. The van der Waals surface area contributed by atoms with Gasteiger partial charge in [-0.2, -0.15) is 0 Å². The second-order valence-electron chi connectivity index (χ2n) is 4.11. The first-order valence-corrected chi connectivity index (χ1v) is 6.38. The quantitative estimate of drug-likeness (QED) is 0.856. The lowest BCUT2D eigenvalue weighted by molar-refractivity contribution is 0.0489. The molecule has 0 radical (unpaired) electrons. The second kappa shape index (κ2) is 5.64. The van der Waals surface area contributed by atoms with Crippen LogP contribution >= 0.6 is 15.9 Å². The Labute approximate surface area is 104 Å². The standard InChI is InChI=1S/C12H16BrNO2/c1-9-2-5-14-12(11(9)13)16-8-10-3-6-15-7-4-10/h2,5,10H,3-4,6-8H2,1H3. The second-order valence-corrected chi connectivity index (χ2v) is 4.91. The summed E-state index contributed by atoms with van der Waals surface area (Å²) in [5.41, 5.74) is 1.15. The van der Waals surface area contributed by atoms with E-state index in [1.54, 1.807) is 6.20 Å². The van der Waals surface area contributed by atoms with Crippen LogP contribution in [0.15, 0.2) is 16.7 Å². The van der Waals surface area contributed by atoms with Gasteiger partial charge in [-0.3, -0.25) is 0 Å². The third-order valence-corrected chi connectivity index (χ3v) is 3.81. The van der Waals surface area contributed by atoms with Crippen LogP contribution in [0.1, 0.15) is 18.4 Å². The highest BCUT2D eigenvalue weighted by molar-refractivity contribution is 9.10. The van der Waals surface area contributed by atoms with E-state index in [4.69, 9.17) is 9.47 Å². The van der Waals surface area contributed by atoms with Crippen LogP contribution in [0, 0.1) is 12.8 Å². The minimum Gasteiger partial charge on any atom is -0.477 e.